The molecule has 0 radical (unpaired) electrons. The first-order chi connectivity index (χ1) is 8.34. The minimum absolute atomic E-state index is 0.162. The van der Waals surface area contributed by atoms with Gasteiger partial charge >= 0.3 is 11.3 Å². The quantitative estimate of drug-likeness (QED) is 0.630. The van der Waals surface area contributed by atoms with Crippen molar-refractivity contribution in [3.8, 4) is 17.1 Å². The first-order valence-corrected chi connectivity index (χ1v) is 5.45. The third-order valence-electron chi connectivity index (χ3n) is 2.69. The molecule has 2 heteroatoms. The van der Waals surface area contributed by atoms with Gasteiger partial charge in [-0.1, -0.05) is 30.3 Å². The maximum Gasteiger partial charge on any atom is 0.401 e. The molecular weight excluding hydrogens is 212 g/mol. The molecule has 0 fully saturated rings. The summed E-state index contributed by atoms with van der Waals surface area (Å²) in [4.78, 5) is 0. The molecule has 82 valence electrons. The van der Waals surface area contributed by atoms with Gasteiger partial charge in [-0.05, 0) is 18.2 Å². The Labute approximate surface area is 98.8 Å². The van der Waals surface area contributed by atoms with Gasteiger partial charge < -0.3 is 5.11 Å². The molecule has 3 rings (SSSR count). The summed E-state index contributed by atoms with van der Waals surface area (Å²) in [5, 5.41) is 10.9. The maximum absolute atomic E-state index is 9.97. The topological polar surface area (TPSA) is 31.5 Å². The zero-order valence-corrected chi connectivity index (χ0v) is 9.13. The van der Waals surface area contributed by atoms with Crippen LogP contribution in [0.3, 0.4) is 0 Å². The molecule has 0 atom stereocenters. The maximum atomic E-state index is 9.97. The minimum atomic E-state index is 0.162. The Morgan fingerprint density at radius 1 is 0.824 bits per heavy atom. The molecule has 2 aromatic carbocycles. The first-order valence-electron chi connectivity index (χ1n) is 5.45. The van der Waals surface area contributed by atoms with Crippen LogP contribution in [-0.2, 0) is 0 Å². The highest BCUT2D eigenvalue weighted by Gasteiger charge is 2.20. The van der Waals surface area contributed by atoms with Crippen molar-refractivity contribution in [3.63, 3.8) is 0 Å². The molecule has 0 bridgehead atoms. The van der Waals surface area contributed by atoms with Crippen molar-refractivity contribution in [3.05, 3.63) is 60.7 Å². The number of aromatic hydroxyl groups is 1. The smallest absolute Gasteiger partial charge is 0.401 e. The standard InChI is InChI=1S/C15H10O2/c16-13-10-12-8-4-5-9-14(12)17-15(13)11-6-2-1-3-7-11/h1-10H/p+1. The fraction of sp³-hybridized carbons (Fsp3) is 0. The Kier molecular flexibility index (Phi) is 2.26. The van der Waals surface area contributed by atoms with E-state index in [9.17, 15) is 5.11 Å². The van der Waals surface area contributed by atoms with Crippen LogP contribution in [0.5, 0.6) is 5.75 Å². The molecule has 17 heavy (non-hydrogen) atoms. The monoisotopic (exact) mass is 223 g/mol. The van der Waals surface area contributed by atoms with Crippen molar-refractivity contribution in [2.75, 3.05) is 0 Å². The number of hydrogen-bond acceptors (Lipinski definition) is 1. The average molecular weight is 223 g/mol. The first kappa shape index (κ1) is 9.85. The Balaban J connectivity index is 2.27. The van der Waals surface area contributed by atoms with Gasteiger partial charge in [0.2, 0.25) is 5.75 Å². The Morgan fingerprint density at radius 3 is 2.35 bits per heavy atom. The van der Waals surface area contributed by atoms with Crippen LogP contribution in [-0.4, -0.2) is 5.11 Å². The van der Waals surface area contributed by atoms with Gasteiger partial charge in [-0.2, -0.15) is 0 Å². The number of rotatable bonds is 1. The van der Waals surface area contributed by atoms with Crippen molar-refractivity contribution in [1.82, 2.24) is 0 Å². The number of benzene rings is 2. The number of fused-ring (bicyclic) bond motifs is 1. The van der Waals surface area contributed by atoms with Crippen molar-refractivity contribution in [2.24, 2.45) is 0 Å². The molecule has 0 spiro atoms. The fourth-order valence-corrected chi connectivity index (χ4v) is 1.86. The van der Waals surface area contributed by atoms with E-state index in [0.717, 1.165) is 16.5 Å². The average Bonchev–Trinajstić information content (AvgIpc) is 2.39. The predicted molar refractivity (Wildman–Crippen MR) is 67.7 cm³/mol. The van der Waals surface area contributed by atoms with Crippen molar-refractivity contribution in [2.45, 2.75) is 0 Å². The highest BCUT2D eigenvalue weighted by molar-refractivity contribution is 5.81. The minimum Gasteiger partial charge on any atom is -0.500 e. The van der Waals surface area contributed by atoms with Gasteiger partial charge in [0.05, 0.1) is 10.9 Å². The molecule has 0 aliphatic carbocycles. The third kappa shape index (κ3) is 1.74. The van der Waals surface area contributed by atoms with Gasteiger partial charge in [0.15, 0.2) is 0 Å². The van der Waals surface area contributed by atoms with Gasteiger partial charge in [-0.25, -0.2) is 4.42 Å². The summed E-state index contributed by atoms with van der Waals surface area (Å²) in [5.74, 6) is 0.666. The van der Waals surface area contributed by atoms with E-state index < -0.39 is 0 Å². The molecular formula is C15H11O2+. The van der Waals surface area contributed by atoms with Crippen molar-refractivity contribution < 1.29 is 9.52 Å². The molecule has 0 aliphatic heterocycles. The van der Waals surface area contributed by atoms with Crippen LogP contribution in [0.4, 0.5) is 0 Å². The van der Waals surface area contributed by atoms with E-state index in [2.05, 4.69) is 0 Å². The van der Waals surface area contributed by atoms with E-state index in [1.165, 1.54) is 0 Å². The second kappa shape index (κ2) is 3.91. The Morgan fingerprint density at radius 2 is 1.53 bits per heavy atom. The van der Waals surface area contributed by atoms with Crippen molar-refractivity contribution >= 4 is 11.0 Å². The van der Waals surface area contributed by atoms with Crippen LogP contribution in [0.25, 0.3) is 22.3 Å². The van der Waals surface area contributed by atoms with Gasteiger partial charge in [0.1, 0.15) is 0 Å². The zero-order valence-electron chi connectivity index (χ0n) is 9.13. The molecule has 0 unspecified atom stereocenters. The summed E-state index contributed by atoms with van der Waals surface area (Å²) >= 11 is 0. The van der Waals surface area contributed by atoms with Crippen LogP contribution in [0.1, 0.15) is 0 Å². The molecule has 0 amide bonds. The summed E-state index contributed by atoms with van der Waals surface area (Å²) < 4.78 is 5.73. The van der Waals surface area contributed by atoms with Crippen LogP contribution in [0.2, 0.25) is 0 Å². The molecule has 2 nitrogen and oxygen atoms in total. The van der Waals surface area contributed by atoms with E-state index >= 15 is 0 Å². The highest BCUT2D eigenvalue weighted by atomic mass is 16.4. The van der Waals surface area contributed by atoms with E-state index in [1.54, 1.807) is 6.07 Å². The fourth-order valence-electron chi connectivity index (χ4n) is 1.86. The molecule has 0 aliphatic rings. The van der Waals surface area contributed by atoms with Crippen LogP contribution < -0.4 is 0 Å². The lowest BCUT2D eigenvalue weighted by Gasteiger charge is -1.95. The molecule has 0 saturated carbocycles. The zero-order chi connectivity index (χ0) is 11.7. The molecule has 1 heterocycles. The van der Waals surface area contributed by atoms with Gasteiger partial charge in [-0.3, -0.25) is 0 Å². The summed E-state index contributed by atoms with van der Waals surface area (Å²) in [6.07, 6.45) is 0. The lowest BCUT2D eigenvalue weighted by molar-refractivity contribution is 0.454. The number of para-hydroxylation sites is 1. The van der Waals surface area contributed by atoms with E-state index in [1.807, 2.05) is 54.6 Å². The second-order valence-corrected chi connectivity index (χ2v) is 3.86. The van der Waals surface area contributed by atoms with Gasteiger partial charge in [0, 0.05) is 12.1 Å². The summed E-state index contributed by atoms with van der Waals surface area (Å²) in [6, 6.07) is 18.9. The summed E-state index contributed by atoms with van der Waals surface area (Å²) in [7, 11) is 0. The van der Waals surface area contributed by atoms with E-state index in [-0.39, 0.29) is 5.75 Å². The third-order valence-corrected chi connectivity index (χ3v) is 2.69. The normalized spacial score (nSPS) is 10.6. The van der Waals surface area contributed by atoms with Crippen LogP contribution in [0.15, 0.2) is 65.1 Å². The van der Waals surface area contributed by atoms with Gasteiger partial charge in [-0.15, -0.1) is 0 Å². The largest absolute Gasteiger partial charge is 0.500 e. The second-order valence-electron chi connectivity index (χ2n) is 3.86. The Bertz CT molecular complexity index is 660. The van der Waals surface area contributed by atoms with Crippen LogP contribution in [0, 0.1) is 0 Å². The number of hydrogen-bond donors (Lipinski definition) is 1. The van der Waals surface area contributed by atoms with E-state index in [4.69, 9.17) is 4.42 Å². The molecule has 0 saturated heterocycles. The van der Waals surface area contributed by atoms with Crippen molar-refractivity contribution in [1.29, 1.82) is 0 Å². The molecule has 3 aromatic rings. The lowest BCUT2D eigenvalue weighted by atomic mass is 10.1. The predicted octanol–water partition coefficient (Wildman–Crippen LogP) is 4.09. The molecule has 1 aromatic heterocycles. The molecule has 1 N–H and O–H groups in total. The van der Waals surface area contributed by atoms with Gasteiger partial charge in [0.25, 0.3) is 0 Å². The summed E-state index contributed by atoms with van der Waals surface area (Å²) in [5.41, 5.74) is 1.64. The lowest BCUT2D eigenvalue weighted by Crippen LogP contribution is -1.80. The Hall–Kier alpha value is -2.35. The van der Waals surface area contributed by atoms with Crippen LogP contribution >= 0.6 is 0 Å². The SMILES string of the molecule is Oc1cc2ccccc2[o+]c1-c1ccccc1. The highest BCUT2D eigenvalue weighted by Crippen LogP contribution is 2.32. The summed E-state index contributed by atoms with van der Waals surface area (Å²) in [6.45, 7) is 0. The van der Waals surface area contributed by atoms with E-state index in [0.29, 0.717) is 5.76 Å².